The third kappa shape index (κ3) is 3.69. The van der Waals surface area contributed by atoms with Crippen LogP contribution in [0.25, 0.3) is 10.2 Å². The number of thiophene rings is 1. The van der Waals surface area contributed by atoms with E-state index in [0.29, 0.717) is 23.5 Å². The number of aromatic amines is 1. The van der Waals surface area contributed by atoms with Gasteiger partial charge in [-0.1, -0.05) is 32.0 Å². The van der Waals surface area contributed by atoms with Crippen molar-refractivity contribution in [2.24, 2.45) is 5.92 Å². The van der Waals surface area contributed by atoms with E-state index in [9.17, 15) is 4.79 Å². The summed E-state index contributed by atoms with van der Waals surface area (Å²) in [5.74, 6) is 2.82. The van der Waals surface area contributed by atoms with Crippen molar-refractivity contribution in [1.29, 1.82) is 0 Å². The first-order valence-corrected chi connectivity index (χ1v) is 11.3. The van der Waals surface area contributed by atoms with Crippen molar-refractivity contribution >= 4 is 33.3 Å². The van der Waals surface area contributed by atoms with E-state index in [-0.39, 0.29) is 5.56 Å². The molecule has 8 heteroatoms. The summed E-state index contributed by atoms with van der Waals surface area (Å²) in [4.78, 5) is 22.6. The molecule has 0 aliphatic heterocycles. The SMILES string of the molecule is CCC(C)Cc1c(C)sc2nc(CSc3nnc(C)n3C3CC3)[nH]c(=O)c12. The van der Waals surface area contributed by atoms with E-state index in [0.717, 1.165) is 34.0 Å². The summed E-state index contributed by atoms with van der Waals surface area (Å²) >= 11 is 3.22. The molecule has 0 bridgehead atoms. The van der Waals surface area contributed by atoms with Crippen LogP contribution in [-0.2, 0) is 12.2 Å². The average molecular weight is 404 g/mol. The fourth-order valence-electron chi connectivity index (χ4n) is 3.36. The third-order valence-corrected chi connectivity index (χ3v) is 7.24. The van der Waals surface area contributed by atoms with Gasteiger partial charge >= 0.3 is 0 Å². The summed E-state index contributed by atoms with van der Waals surface area (Å²) in [6.07, 6.45) is 4.44. The van der Waals surface area contributed by atoms with Crippen molar-refractivity contribution in [2.75, 3.05) is 0 Å². The Hall–Kier alpha value is -1.67. The van der Waals surface area contributed by atoms with Crippen LogP contribution in [0.3, 0.4) is 0 Å². The maximum Gasteiger partial charge on any atom is 0.259 e. The molecule has 1 aliphatic carbocycles. The monoisotopic (exact) mass is 403 g/mol. The molecular formula is C19H25N5OS2. The standard InChI is InChI=1S/C19H25N5OS2/c1-5-10(2)8-14-11(3)27-18-16(14)17(25)20-15(21-18)9-26-19-23-22-12(4)24(19)13-6-7-13/h10,13H,5-9H2,1-4H3,(H,20,21,25). The van der Waals surface area contributed by atoms with Gasteiger partial charge in [0.2, 0.25) is 0 Å². The first kappa shape index (κ1) is 18.7. The molecule has 6 nitrogen and oxygen atoms in total. The highest BCUT2D eigenvalue weighted by atomic mass is 32.2. The first-order valence-electron chi connectivity index (χ1n) is 9.53. The molecule has 27 heavy (non-hydrogen) atoms. The molecule has 1 atom stereocenters. The molecule has 1 unspecified atom stereocenters. The van der Waals surface area contributed by atoms with E-state index in [1.807, 2.05) is 6.92 Å². The van der Waals surface area contributed by atoms with Crippen LogP contribution in [0.1, 0.15) is 61.2 Å². The van der Waals surface area contributed by atoms with E-state index in [2.05, 4.69) is 40.5 Å². The number of thioether (sulfide) groups is 1. The molecule has 0 spiro atoms. The van der Waals surface area contributed by atoms with Crippen LogP contribution in [0, 0.1) is 19.8 Å². The van der Waals surface area contributed by atoms with Gasteiger partial charge < -0.3 is 9.55 Å². The number of aryl methyl sites for hydroxylation is 2. The number of H-pyrrole nitrogens is 1. The molecular weight excluding hydrogens is 378 g/mol. The number of fused-ring (bicyclic) bond motifs is 1. The smallest absolute Gasteiger partial charge is 0.259 e. The Bertz CT molecular complexity index is 1030. The maximum absolute atomic E-state index is 12.8. The molecule has 1 aliphatic rings. The molecule has 144 valence electrons. The Morgan fingerprint density at radius 2 is 2.11 bits per heavy atom. The zero-order valence-corrected chi connectivity index (χ0v) is 17.8. The highest BCUT2D eigenvalue weighted by Crippen LogP contribution is 2.39. The molecule has 0 radical (unpaired) electrons. The second kappa shape index (κ2) is 7.39. The number of nitrogens with one attached hydrogen (secondary N) is 1. The minimum Gasteiger partial charge on any atom is -0.309 e. The summed E-state index contributed by atoms with van der Waals surface area (Å²) in [7, 11) is 0. The fraction of sp³-hybridized carbons (Fsp3) is 0.579. The summed E-state index contributed by atoms with van der Waals surface area (Å²) in [5.41, 5.74) is 1.15. The summed E-state index contributed by atoms with van der Waals surface area (Å²) < 4.78 is 2.21. The molecule has 3 aromatic heterocycles. The Morgan fingerprint density at radius 3 is 2.81 bits per heavy atom. The highest BCUT2D eigenvalue weighted by molar-refractivity contribution is 7.98. The fourth-order valence-corrected chi connectivity index (χ4v) is 5.35. The largest absolute Gasteiger partial charge is 0.309 e. The van der Waals surface area contributed by atoms with Crippen LogP contribution < -0.4 is 5.56 Å². The van der Waals surface area contributed by atoms with Crippen LogP contribution in [0.5, 0.6) is 0 Å². The lowest BCUT2D eigenvalue weighted by atomic mass is 9.98. The van der Waals surface area contributed by atoms with Crippen molar-refractivity contribution < 1.29 is 0 Å². The van der Waals surface area contributed by atoms with Gasteiger partial charge in [-0.05, 0) is 44.6 Å². The lowest BCUT2D eigenvalue weighted by Crippen LogP contribution is -2.12. The lowest BCUT2D eigenvalue weighted by molar-refractivity contribution is 0.561. The van der Waals surface area contributed by atoms with Gasteiger partial charge in [0, 0.05) is 10.9 Å². The normalized spacial score (nSPS) is 15.6. The van der Waals surface area contributed by atoms with E-state index >= 15 is 0 Å². The average Bonchev–Trinajstić information content (AvgIpc) is 3.33. The van der Waals surface area contributed by atoms with Crippen LogP contribution in [0.2, 0.25) is 0 Å². The van der Waals surface area contributed by atoms with Gasteiger partial charge in [0.15, 0.2) is 5.16 Å². The number of rotatable bonds is 7. The van der Waals surface area contributed by atoms with Crippen molar-refractivity contribution in [3.8, 4) is 0 Å². The molecule has 4 rings (SSSR count). The first-order chi connectivity index (χ1) is 13.0. The number of hydrogen-bond acceptors (Lipinski definition) is 6. The molecule has 1 saturated carbocycles. The maximum atomic E-state index is 12.8. The Kier molecular flexibility index (Phi) is 5.11. The minimum atomic E-state index is -0.0157. The number of nitrogens with zero attached hydrogens (tertiary/aromatic N) is 4. The minimum absolute atomic E-state index is 0.0157. The highest BCUT2D eigenvalue weighted by Gasteiger charge is 2.28. The van der Waals surface area contributed by atoms with Crippen molar-refractivity contribution in [3.05, 3.63) is 32.4 Å². The Morgan fingerprint density at radius 1 is 1.33 bits per heavy atom. The second-order valence-electron chi connectivity index (χ2n) is 7.47. The van der Waals surface area contributed by atoms with Gasteiger partial charge in [0.1, 0.15) is 16.5 Å². The van der Waals surface area contributed by atoms with Crippen LogP contribution in [-0.4, -0.2) is 24.7 Å². The molecule has 0 aromatic carbocycles. The van der Waals surface area contributed by atoms with E-state index in [1.165, 1.54) is 23.3 Å². The number of aromatic nitrogens is 5. The molecule has 0 saturated heterocycles. The predicted octanol–water partition coefficient (Wildman–Crippen LogP) is 4.41. The van der Waals surface area contributed by atoms with E-state index < -0.39 is 0 Å². The zero-order valence-electron chi connectivity index (χ0n) is 16.2. The van der Waals surface area contributed by atoms with Gasteiger partial charge in [-0.25, -0.2) is 4.98 Å². The van der Waals surface area contributed by atoms with Gasteiger partial charge in [-0.3, -0.25) is 4.79 Å². The second-order valence-corrected chi connectivity index (χ2v) is 9.61. The van der Waals surface area contributed by atoms with Gasteiger partial charge in [0.25, 0.3) is 5.56 Å². The molecule has 1 N–H and O–H groups in total. The van der Waals surface area contributed by atoms with Crippen LogP contribution >= 0.6 is 23.1 Å². The van der Waals surface area contributed by atoms with Crippen molar-refractivity contribution in [3.63, 3.8) is 0 Å². The van der Waals surface area contributed by atoms with E-state index in [4.69, 9.17) is 4.98 Å². The van der Waals surface area contributed by atoms with Gasteiger partial charge in [0.05, 0.1) is 11.1 Å². The summed E-state index contributed by atoms with van der Waals surface area (Å²) in [6, 6.07) is 0.542. The Labute approximate surface area is 166 Å². The Balaban J connectivity index is 1.60. The molecule has 0 amide bonds. The third-order valence-electron chi connectivity index (χ3n) is 5.25. The topological polar surface area (TPSA) is 76.5 Å². The van der Waals surface area contributed by atoms with Gasteiger partial charge in [-0.15, -0.1) is 21.5 Å². The number of hydrogen-bond donors (Lipinski definition) is 1. The predicted molar refractivity (Wildman–Crippen MR) is 111 cm³/mol. The summed E-state index contributed by atoms with van der Waals surface area (Å²) in [6.45, 7) is 8.51. The molecule has 1 fully saturated rings. The quantitative estimate of drug-likeness (QED) is 0.591. The zero-order chi connectivity index (χ0) is 19.1. The molecule has 3 heterocycles. The van der Waals surface area contributed by atoms with Gasteiger partial charge in [-0.2, -0.15) is 0 Å². The summed E-state index contributed by atoms with van der Waals surface area (Å²) in [5, 5.41) is 10.2. The van der Waals surface area contributed by atoms with E-state index in [1.54, 1.807) is 23.1 Å². The van der Waals surface area contributed by atoms with Crippen molar-refractivity contribution in [1.82, 2.24) is 24.7 Å². The lowest BCUT2D eigenvalue weighted by Gasteiger charge is -2.08. The van der Waals surface area contributed by atoms with Crippen molar-refractivity contribution in [2.45, 2.75) is 70.3 Å². The van der Waals surface area contributed by atoms with Crippen LogP contribution in [0.15, 0.2) is 9.95 Å². The van der Waals surface area contributed by atoms with Crippen LogP contribution in [0.4, 0.5) is 0 Å². The molecule has 3 aromatic rings.